The second kappa shape index (κ2) is 5.04. The number of hydrogen-bond donors (Lipinski definition) is 1. The molecule has 0 radical (unpaired) electrons. The van der Waals surface area contributed by atoms with Crippen LogP contribution in [0.5, 0.6) is 0 Å². The van der Waals surface area contributed by atoms with Gasteiger partial charge in [0.05, 0.1) is 21.9 Å². The summed E-state index contributed by atoms with van der Waals surface area (Å²) in [6.45, 7) is 2.55. The van der Waals surface area contributed by atoms with Gasteiger partial charge in [-0.3, -0.25) is 9.67 Å². The minimum Gasteiger partial charge on any atom is -0.382 e. The summed E-state index contributed by atoms with van der Waals surface area (Å²) < 4.78 is 1.64. The van der Waals surface area contributed by atoms with Crippen LogP contribution in [0.2, 0.25) is 10.0 Å². The molecule has 0 spiro atoms. The predicted octanol–water partition coefficient (Wildman–Crippen LogP) is 2.69. The highest BCUT2D eigenvalue weighted by molar-refractivity contribution is 6.32. The third kappa shape index (κ3) is 2.29. The fraction of sp³-hybridized carbons (Fsp3) is 0.273. The summed E-state index contributed by atoms with van der Waals surface area (Å²) in [7, 11) is 0. The van der Waals surface area contributed by atoms with Crippen LogP contribution in [0.25, 0.3) is 0 Å². The number of aliphatic hydroxyl groups excluding tert-OH is 1. The maximum Gasteiger partial charge on any atom is 0.124 e. The van der Waals surface area contributed by atoms with Crippen LogP contribution in [0, 0.1) is 0 Å². The second-order valence-electron chi connectivity index (χ2n) is 3.49. The van der Waals surface area contributed by atoms with Crippen molar-refractivity contribution in [3.63, 3.8) is 0 Å². The Balaban J connectivity index is 2.47. The topological polar surface area (TPSA) is 50.9 Å². The monoisotopic (exact) mass is 271 g/mol. The summed E-state index contributed by atoms with van der Waals surface area (Å²) in [5.41, 5.74) is 1.11. The first-order valence-corrected chi connectivity index (χ1v) is 5.89. The third-order valence-corrected chi connectivity index (χ3v) is 3.10. The van der Waals surface area contributed by atoms with Gasteiger partial charge in [0.25, 0.3) is 0 Å². The molecule has 0 aliphatic rings. The molecule has 0 aliphatic heterocycles. The Morgan fingerprint density at radius 1 is 1.35 bits per heavy atom. The third-order valence-electron chi connectivity index (χ3n) is 2.49. The van der Waals surface area contributed by atoms with Gasteiger partial charge >= 0.3 is 0 Å². The zero-order valence-electron chi connectivity index (χ0n) is 9.14. The average Bonchev–Trinajstić information content (AvgIpc) is 2.70. The van der Waals surface area contributed by atoms with Crippen LogP contribution in [0.3, 0.4) is 0 Å². The lowest BCUT2D eigenvalue weighted by Crippen LogP contribution is -2.10. The minimum atomic E-state index is -0.902. The van der Waals surface area contributed by atoms with Gasteiger partial charge in [0.1, 0.15) is 6.10 Å². The second-order valence-corrected chi connectivity index (χ2v) is 4.31. The quantitative estimate of drug-likeness (QED) is 0.934. The number of nitrogens with zero attached hydrogens (tertiary/aromatic N) is 3. The number of aryl methyl sites for hydroxylation is 1. The smallest absolute Gasteiger partial charge is 0.124 e. The molecule has 6 heteroatoms. The summed E-state index contributed by atoms with van der Waals surface area (Å²) in [6.07, 6.45) is 3.67. The SMILES string of the molecule is CCn1ncc(Cl)c1C(O)c1ccncc1Cl. The van der Waals surface area contributed by atoms with E-state index >= 15 is 0 Å². The molecule has 2 aromatic rings. The van der Waals surface area contributed by atoms with Crippen LogP contribution in [-0.2, 0) is 6.54 Å². The average molecular weight is 272 g/mol. The van der Waals surface area contributed by atoms with Crippen molar-refractivity contribution in [2.75, 3.05) is 0 Å². The fourth-order valence-electron chi connectivity index (χ4n) is 1.65. The van der Waals surface area contributed by atoms with Gasteiger partial charge in [0.15, 0.2) is 0 Å². The molecule has 2 heterocycles. The van der Waals surface area contributed by atoms with Gasteiger partial charge in [-0.2, -0.15) is 5.10 Å². The zero-order chi connectivity index (χ0) is 12.4. The molecule has 0 fully saturated rings. The van der Waals surface area contributed by atoms with Gasteiger partial charge in [-0.05, 0) is 13.0 Å². The van der Waals surface area contributed by atoms with Gasteiger partial charge in [0, 0.05) is 24.5 Å². The van der Waals surface area contributed by atoms with E-state index in [4.69, 9.17) is 23.2 Å². The Bertz CT molecular complexity index is 527. The lowest BCUT2D eigenvalue weighted by Gasteiger charge is -2.14. The normalized spacial score (nSPS) is 12.7. The van der Waals surface area contributed by atoms with E-state index in [0.29, 0.717) is 27.8 Å². The molecule has 0 amide bonds. The van der Waals surface area contributed by atoms with Crippen LogP contribution in [0.4, 0.5) is 0 Å². The first-order valence-electron chi connectivity index (χ1n) is 5.13. The summed E-state index contributed by atoms with van der Waals surface area (Å²) >= 11 is 12.0. The van der Waals surface area contributed by atoms with E-state index in [1.165, 1.54) is 12.4 Å². The molecular weight excluding hydrogens is 261 g/mol. The predicted molar refractivity (Wildman–Crippen MR) is 66.2 cm³/mol. The highest BCUT2D eigenvalue weighted by Gasteiger charge is 2.21. The van der Waals surface area contributed by atoms with E-state index in [1.54, 1.807) is 16.9 Å². The van der Waals surface area contributed by atoms with Crippen molar-refractivity contribution in [1.82, 2.24) is 14.8 Å². The van der Waals surface area contributed by atoms with Crippen LogP contribution >= 0.6 is 23.2 Å². The van der Waals surface area contributed by atoms with Crippen molar-refractivity contribution in [3.05, 3.63) is 46.0 Å². The van der Waals surface area contributed by atoms with Crippen molar-refractivity contribution in [2.24, 2.45) is 0 Å². The molecule has 0 saturated heterocycles. The number of aliphatic hydroxyl groups is 1. The summed E-state index contributed by atoms with van der Waals surface area (Å²) in [4.78, 5) is 3.88. The Labute approximate surface area is 109 Å². The Morgan fingerprint density at radius 2 is 2.12 bits per heavy atom. The van der Waals surface area contributed by atoms with Crippen molar-refractivity contribution in [3.8, 4) is 0 Å². The van der Waals surface area contributed by atoms with Gasteiger partial charge in [0.2, 0.25) is 0 Å². The highest BCUT2D eigenvalue weighted by atomic mass is 35.5. The maximum atomic E-state index is 10.3. The van der Waals surface area contributed by atoms with Gasteiger partial charge in [-0.25, -0.2) is 0 Å². The number of pyridine rings is 1. The molecule has 1 atom stereocenters. The minimum absolute atomic E-state index is 0.403. The lowest BCUT2D eigenvalue weighted by atomic mass is 10.1. The van der Waals surface area contributed by atoms with E-state index in [9.17, 15) is 5.11 Å². The zero-order valence-corrected chi connectivity index (χ0v) is 10.7. The molecule has 2 aromatic heterocycles. The van der Waals surface area contributed by atoms with Gasteiger partial charge < -0.3 is 5.11 Å². The summed E-state index contributed by atoms with van der Waals surface area (Å²) in [6, 6.07) is 1.66. The summed E-state index contributed by atoms with van der Waals surface area (Å²) in [5, 5.41) is 15.2. The van der Waals surface area contributed by atoms with Crippen molar-refractivity contribution >= 4 is 23.2 Å². The van der Waals surface area contributed by atoms with E-state index in [1.807, 2.05) is 6.92 Å². The van der Waals surface area contributed by atoms with E-state index in [0.717, 1.165) is 0 Å². The number of hydrogen-bond acceptors (Lipinski definition) is 3. The Kier molecular flexibility index (Phi) is 3.66. The van der Waals surface area contributed by atoms with Gasteiger partial charge in [-0.15, -0.1) is 0 Å². The van der Waals surface area contributed by atoms with Gasteiger partial charge in [-0.1, -0.05) is 23.2 Å². The molecular formula is C11H11Cl2N3O. The largest absolute Gasteiger partial charge is 0.382 e. The van der Waals surface area contributed by atoms with E-state index in [-0.39, 0.29) is 0 Å². The van der Waals surface area contributed by atoms with E-state index < -0.39 is 6.10 Å². The molecule has 90 valence electrons. The fourth-order valence-corrected chi connectivity index (χ4v) is 2.12. The van der Waals surface area contributed by atoms with E-state index in [2.05, 4.69) is 10.1 Å². The van der Waals surface area contributed by atoms with Crippen molar-refractivity contribution in [2.45, 2.75) is 19.6 Å². The van der Waals surface area contributed by atoms with Crippen LogP contribution in [0.1, 0.15) is 24.3 Å². The molecule has 1 unspecified atom stereocenters. The molecule has 4 nitrogen and oxygen atoms in total. The number of rotatable bonds is 3. The number of halogens is 2. The molecule has 0 aliphatic carbocycles. The maximum absolute atomic E-state index is 10.3. The van der Waals surface area contributed by atoms with Crippen LogP contribution in [-0.4, -0.2) is 19.9 Å². The van der Waals surface area contributed by atoms with Crippen LogP contribution < -0.4 is 0 Å². The molecule has 0 aromatic carbocycles. The standard InChI is InChI=1S/C11H11Cl2N3O/c1-2-16-10(9(13)6-15-16)11(17)7-3-4-14-5-8(7)12/h3-6,11,17H,2H2,1H3. The first kappa shape index (κ1) is 12.4. The van der Waals surface area contributed by atoms with Crippen molar-refractivity contribution < 1.29 is 5.11 Å². The lowest BCUT2D eigenvalue weighted by molar-refractivity contribution is 0.208. The highest BCUT2D eigenvalue weighted by Crippen LogP contribution is 2.31. The number of aromatic nitrogens is 3. The molecule has 0 saturated carbocycles. The molecule has 0 bridgehead atoms. The first-order chi connectivity index (χ1) is 8.15. The summed E-state index contributed by atoms with van der Waals surface area (Å²) in [5.74, 6) is 0. The Morgan fingerprint density at radius 3 is 2.76 bits per heavy atom. The molecule has 1 N–H and O–H groups in total. The van der Waals surface area contributed by atoms with Crippen molar-refractivity contribution in [1.29, 1.82) is 0 Å². The van der Waals surface area contributed by atoms with Crippen LogP contribution in [0.15, 0.2) is 24.7 Å². The molecule has 17 heavy (non-hydrogen) atoms. The Hall–Kier alpha value is -1.10. The molecule has 2 rings (SSSR count).